The van der Waals surface area contributed by atoms with Crippen molar-refractivity contribution < 1.29 is 0 Å². The van der Waals surface area contributed by atoms with E-state index in [4.69, 9.17) is 5.26 Å². The van der Waals surface area contributed by atoms with Gasteiger partial charge in [0.25, 0.3) is 0 Å². The van der Waals surface area contributed by atoms with Crippen molar-refractivity contribution in [1.29, 1.82) is 5.26 Å². The molecule has 0 saturated heterocycles. The molecule has 0 amide bonds. The predicted octanol–water partition coefficient (Wildman–Crippen LogP) is 3.60. The summed E-state index contributed by atoms with van der Waals surface area (Å²) in [6.07, 6.45) is 1.16. The molecule has 0 spiro atoms. The SMILES string of the molecule is Cc1[nH]c(CCC#N)nc1-c1ccccc1Br. The molecule has 1 heterocycles. The maximum absolute atomic E-state index is 8.57. The zero-order chi connectivity index (χ0) is 12.3. The summed E-state index contributed by atoms with van der Waals surface area (Å²) in [5, 5.41) is 8.57. The average Bonchev–Trinajstić information content (AvgIpc) is 2.68. The molecular weight excluding hydrogens is 278 g/mol. The Morgan fingerprint density at radius 1 is 1.41 bits per heavy atom. The van der Waals surface area contributed by atoms with Crippen molar-refractivity contribution in [3.63, 3.8) is 0 Å². The van der Waals surface area contributed by atoms with Gasteiger partial charge in [0.2, 0.25) is 0 Å². The van der Waals surface area contributed by atoms with E-state index in [1.165, 1.54) is 0 Å². The van der Waals surface area contributed by atoms with Crippen molar-refractivity contribution in [2.75, 3.05) is 0 Å². The normalized spacial score (nSPS) is 10.2. The number of aromatic nitrogens is 2. The molecule has 2 rings (SSSR count). The van der Waals surface area contributed by atoms with Crippen molar-refractivity contribution in [3.05, 3.63) is 40.3 Å². The number of aromatic amines is 1. The molecule has 0 unspecified atom stereocenters. The van der Waals surface area contributed by atoms with Crippen LogP contribution < -0.4 is 0 Å². The molecule has 1 aromatic heterocycles. The van der Waals surface area contributed by atoms with E-state index in [-0.39, 0.29) is 0 Å². The summed E-state index contributed by atoms with van der Waals surface area (Å²) in [4.78, 5) is 7.76. The zero-order valence-electron chi connectivity index (χ0n) is 9.50. The van der Waals surface area contributed by atoms with Crippen LogP contribution in [0, 0.1) is 18.3 Å². The first-order valence-electron chi connectivity index (χ1n) is 5.39. The molecule has 0 saturated carbocycles. The largest absolute Gasteiger partial charge is 0.346 e. The van der Waals surface area contributed by atoms with Crippen LogP contribution in [0.2, 0.25) is 0 Å². The first kappa shape index (κ1) is 11.9. The lowest BCUT2D eigenvalue weighted by Gasteiger charge is -2.01. The number of H-pyrrole nitrogens is 1. The van der Waals surface area contributed by atoms with Crippen LogP contribution in [0.3, 0.4) is 0 Å². The molecule has 0 aliphatic rings. The molecule has 0 bridgehead atoms. The Labute approximate surface area is 109 Å². The van der Waals surface area contributed by atoms with Crippen LogP contribution in [0.1, 0.15) is 17.9 Å². The van der Waals surface area contributed by atoms with Gasteiger partial charge in [0.1, 0.15) is 5.82 Å². The number of hydrogen-bond donors (Lipinski definition) is 1. The van der Waals surface area contributed by atoms with Gasteiger partial charge in [0.05, 0.1) is 11.8 Å². The van der Waals surface area contributed by atoms with Crippen LogP contribution in [0.4, 0.5) is 0 Å². The number of rotatable bonds is 3. The highest BCUT2D eigenvalue weighted by Crippen LogP contribution is 2.28. The smallest absolute Gasteiger partial charge is 0.108 e. The Morgan fingerprint density at radius 2 is 2.18 bits per heavy atom. The summed E-state index contributed by atoms with van der Waals surface area (Å²) >= 11 is 3.52. The van der Waals surface area contributed by atoms with Gasteiger partial charge in [0.15, 0.2) is 0 Å². The minimum atomic E-state index is 0.488. The number of imidazole rings is 1. The second kappa shape index (κ2) is 5.15. The molecule has 17 heavy (non-hydrogen) atoms. The van der Waals surface area contributed by atoms with Gasteiger partial charge in [-0.1, -0.05) is 34.1 Å². The molecule has 1 N–H and O–H groups in total. The lowest BCUT2D eigenvalue weighted by molar-refractivity contribution is 0.913. The molecule has 4 heteroatoms. The molecule has 0 aliphatic heterocycles. The molecule has 1 aromatic carbocycles. The number of nitriles is 1. The predicted molar refractivity (Wildman–Crippen MR) is 70.4 cm³/mol. The topological polar surface area (TPSA) is 52.5 Å². The Bertz CT molecular complexity index is 566. The summed E-state index contributed by atoms with van der Waals surface area (Å²) < 4.78 is 1.03. The fourth-order valence-electron chi connectivity index (χ4n) is 1.73. The lowest BCUT2D eigenvalue weighted by Crippen LogP contribution is -1.86. The van der Waals surface area contributed by atoms with Crippen molar-refractivity contribution in [1.82, 2.24) is 9.97 Å². The average molecular weight is 290 g/mol. The van der Waals surface area contributed by atoms with Crippen LogP contribution in [0.15, 0.2) is 28.7 Å². The lowest BCUT2D eigenvalue weighted by atomic mass is 10.1. The monoisotopic (exact) mass is 289 g/mol. The minimum absolute atomic E-state index is 0.488. The highest BCUT2D eigenvalue weighted by Gasteiger charge is 2.10. The van der Waals surface area contributed by atoms with E-state index in [0.717, 1.165) is 27.2 Å². The second-order valence-electron chi connectivity index (χ2n) is 3.80. The van der Waals surface area contributed by atoms with Gasteiger partial charge in [-0.3, -0.25) is 0 Å². The highest BCUT2D eigenvalue weighted by atomic mass is 79.9. The molecule has 0 radical (unpaired) electrons. The molecule has 0 atom stereocenters. The Hall–Kier alpha value is -1.60. The standard InChI is InChI=1S/C13H12BrN3/c1-9-13(10-5-2-3-6-11(10)14)17-12(16-9)7-4-8-15/h2-3,5-6H,4,7H2,1H3,(H,16,17). The first-order chi connectivity index (χ1) is 8.22. The summed E-state index contributed by atoms with van der Waals surface area (Å²) in [6.45, 7) is 2.00. The van der Waals surface area contributed by atoms with Gasteiger partial charge < -0.3 is 4.98 Å². The van der Waals surface area contributed by atoms with E-state index >= 15 is 0 Å². The van der Waals surface area contributed by atoms with E-state index in [9.17, 15) is 0 Å². The first-order valence-corrected chi connectivity index (χ1v) is 6.19. The van der Waals surface area contributed by atoms with Crippen LogP contribution in [0.25, 0.3) is 11.3 Å². The molecular formula is C13H12BrN3. The second-order valence-corrected chi connectivity index (χ2v) is 4.65. The van der Waals surface area contributed by atoms with Gasteiger partial charge in [-0.15, -0.1) is 0 Å². The number of aryl methyl sites for hydroxylation is 2. The van der Waals surface area contributed by atoms with Crippen LogP contribution in [-0.4, -0.2) is 9.97 Å². The van der Waals surface area contributed by atoms with Gasteiger partial charge in [-0.05, 0) is 13.0 Å². The third-order valence-electron chi connectivity index (χ3n) is 2.54. The number of nitrogens with zero attached hydrogens (tertiary/aromatic N) is 2. The van der Waals surface area contributed by atoms with Gasteiger partial charge in [-0.25, -0.2) is 4.98 Å². The van der Waals surface area contributed by atoms with Crippen molar-refractivity contribution in [3.8, 4) is 17.3 Å². The quantitative estimate of drug-likeness (QED) is 0.938. The van der Waals surface area contributed by atoms with Crippen molar-refractivity contribution >= 4 is 15.9 Å². The van der Waals surface area contributed by atoms with E-state index in [2.05, 4.69) is 32.0 Å². The Kier molecular flexibility index (Phi) is 3.60. The minimum Gasteiger partial charge on any atom is -0.346 e. The molecule has 0 aliphatic carbocycles. The Balaban J connectivity index is 2.37. The maximum atomic E-state index is 8.57. The Morgan fingerprint density at radius 3 is 2.88 bits per heavy atom. The van der Waals surface area contributed by atoms with Crippen LogP contribution in [-0.2, 0) is 6.42 Å². The summed E-state index contributed by atoms with van der Waals surface area (Å²) in [7, 11) is 0. The summed E-state index contributed by atoms with van der Waals surface area (Å²) in [5.74, 6) is 0.870. The van der Waals surface area contributed by atoms with Gasteiger partial charge >= 0.3 is 0 Å². The summed E-state index contributed by atoms with van der Waals surface area (Å²) in [5.41, 5.74) is 3.06. The van der Waals surface area contributed by atoms with E-state index in [1.807, 2.05) is 31.2 Å². The zero-order valence-corrected chi connectivity index (χ0v) is 11.1. The molecule has 86 valence electrons. The van der Waals surface area contributed by atoms with E-state index < -0.39 is 0 Å². The molecule has 2 aromatic rings. The number of nitrogens with one attached hydrogen (secondary N) is 1. The van der Waals surface area contributed by atoms with Gasteiger partial charge in [0, 0.05) is 28.6 Å². The number of hydrogen-bond acceptors (Lipinski definition) is 2. The van der Waals surface area contributed by atoms with Crippen LogP contribution in [0.5, 0.6) is 0 Å². The van der Waals surface area contributed by atoms with E-state index in [0.29, 0.717) is 12.8 Å². The van der Waals surface area contributed by atoms with Gasteiger partial charge in [-0.2, -0.15) is 5.26 Å². The summed E-state index contributed by atoms with van der Waals surface area (Å²) in [6, 6.07) is 10.1. The fourth-order valence-corrected chi connectivity index (χ4v) is 2.20. The van der Waals surface area contributed by atoms with E-state index in [1.54, 1.807) is 0 Å². The van der Waals surface area contributed by atoms with Crippen molar-refractivity contribution in [2.24, 2.45) is 0 Å². The molecule has 0 fully saturated rings. The molecule has 3 nitrogen and oxygen atoms in total. The number of benzene rings is 1. The third-order valence-corrected chi connectivity index (χ3v) is 3.23. The number of halogens is 1. The highest BCUT2D eigenvalue weighted by molar-refractivity contribution is 9.10. The van der Waals surface area contributed by atoms with Crippen molar-refractivity contribution in [2.45, 2.75) is 19.8 Å². The van der Waals surface area contributed by atoms with Crippen LogP contribution >= 0.6 is 15.9 Å². The maximum Gasteiger partial charge on any atom is 0.108 e. The fraction of sp³-hybridized carbons (Fsp3) is 0.231. The third kappa shape index (κ3) is 2.56.